The van der Waals surface area contributed by atoms with Crippen molar-refractivity contribution >= 4 is 29.9 Å². The Bertz CT molecular complexity index is 998. The second-order valence-electron chi connectivity index (χ2n) is 7.92. The Kier molecular flexibility index (Phi) is 8.90. The highest BCUT2D eigenvalue weighted by molar-refractivity contribution is 14.0. The normalized spacial score (nSPS) is 14.1. The summed E-state index contributed by atoms with van der Waals surface area (Å²) in [5.41, 5.74) is 4.51. The minimum Gasteiger partial charge on any atom is -0.490 e. The van der Waals surface area contributed by atoms with Crippen molar-refractivity contribution in [3.05, 3.63) is 71.8 Å². The molecular formula is C24H31IN6O. The molecule has 0 aliphatic heterocycles. The molecular weight excluding hydrogens is 515 g/mol. The third-order valence-corrected chi connectivity index (χ3v) is 5.57. The van der Waals surface area contributed by atoms with Gasteiger partial charge in [0.2, 0.25) is 0 Å². The first-order valence-electron chi connectivity index (χ1n) is 10.9. The fourth-order valence-corrected chi connectivity index (χ4v) is 3.80. The Labute approximate surface area is 206 Å². The second-order valence-corrected chi connectivity index (χ2v) is 7.92. The van der Waals surface area contributed by atoms with E-state index in [4.69, 9.17) is 4.74 Å². The van der Waals surface area contributed by atoms with Gasteiger partial charge in [0.25, 0.3) is 0 Å². The first-order valence-corrected chi connectivity index (χ1v) is 10.9. The molecule has 0 atom stereocenters. The molecule has 2 aromatic carbocycles. The van der Waals surface area contributed by atoms with Crippen LogP contribution in [0.2, 0.25) is 0 Å². The first-order chi connectivity index (χ1) is 15.2. The van der Waals surface area contributed by atoms with Gasteiger partial charge in [-0.2, -0.15) is 5.10 Å². The Morgan fingerprint density at radius 1 is 1.09 bits per heavy atom. The van der Waals surface area contributed by atoms with Crippen LogP contribution in [-0.4, -0.2) is 33.9 Å². The third kappa shape index (κ3) is 6.44. The second kappa shape index (κ2) is 11.8. The molecule has 1 aliphatic carbocycles. The number of halogens is 1. The van der Waals surface area contributed by atoms with Crippen LogP contribution in [0.15, 0.2) is 60.1 Å². The van der Waals surface area contributed by atoms with Gasteiger partial charge in [0.15, 0.2) is 5.96 Å². The molecule has 1 saturated carbocycles. The van der Waals surface area contributed by atoms with E-state index in [9.17, 15) is 0 Å². The monoisotopic (exact) mass is 546 g/mol. The summed E-state index contributed by atoms with van der Waals surface area (Å²) in [4.78, 5) is 8.34. The lowest BCUT2D eigenvalue weighted by Gasteiger charge is -2.18. The molecule has 7 nitrogen and oxygen atoms in total. The number of nitrogens with one attached hydrogen (secondary N) is 2. The number of aliphatic imine (C=N–C) groups is 1. The molecule has 8 heteroatoms. The summed E-state index contributed by atoms with van der Waals surface area (Å²) in [6, 6.07) is 14.6. The third-order valence-electron chi connectivity index (χ3n) is 5.57. The van der Waals surface area contributed by atoms with E-state index in [-0.39, 0.29) is 24.0 Å². The van der Waals surface area contributed by atoms with E-state index < -0.39 is 0 Å². The van der Waals surface area contributed by atoms with Crippen LogP contribution in [0.3, 0.4) is 0 Å². The van der Waals surface area contributed by atoms with E-state index in [1.54, 1.807) is 18.1 Å². The fourth-order valence-electron chi connectivity index (χ4n) is 3.80. The van der Waals surface area contributed by atoms with Crippen LogP contribution >= 0.6 is 24.0 Å². The molecule has 4 rings (SSSR count). The Morgan fingerprint density at radius 3 is 2.53 bits per heavy atom. The van der Waals surface area contributed by atoms with E-state index >= 15 is 0 Å². The fraction of sp³-hybridized carbons (Fsp3) is 0.375. The van der Waals surface area contributed by atoms with Gasteiger partial charge in [-0.1, -0.05) is 24.3 Å². The average Bonchev–Trinajstić information content (AvgIpc) is 3.50. The summed E-state index contributed by atoms with van der Waals surface area (Å²) >= 11 is 0. The highest BCUT2D eigenvalue weighted by atomic mass is 127. The van der Waals surface area contributed by atoms with Crippen molar-refractivity contribution in [1.82, 2.24) is 25.4 Å². The summed E-state index contributed by atoms with van der Waals surface area (Å²) in [5.74, 6) is 1.74. The van der Waals surface area contributed by atoms with Gasteiger partial charge in [0.05, 0.1) is 11.8 Å². The van der Waals surface area contributed by atoms with Crippen molar-refractivity contribution in [2.24, 2.45) is 4.99 Å². The molecule has 0 amide bonds. The Balaban J connectivity index is 0.00000289. The summed E-state index contributed by atoms with van der Waals surface area (Å²) in [7, 11) is 1.79. The number of hydrogen-bond acceptors (Lipinski definition) is 4. The molecule has 32 heavy (non-hydrogen) atoms. The number of benzene rings is 2. The lowest BCUT2D eigenvalue weighted by Crippen LogP contribution is -2.36. The average molecular weight is 546 g/mol. The number of hydrogen-bond donors (Lipinski definition) is 2. The van der Waals surface area contributed by atoms with E-state index in [2.05, 4.69) is 63.0 Å². The van der Waals surface area contributed by atoms with E-state index in [0.717, 1.165) is 41.4 Å². The first kappa shape index (κ1) is 24.0. The maximum Gasteiger partial charge on any atom is 0.191 e. The van der Waals surface area contributed by atoms with E-state index in [0.29, 0.717) is 19.2 Å². The van der Waals surface area contributed by atoms with Crippen molar-refractivity contribution in [3.63, 3.8) is 0 Å². The van der Waals surface area contributed by atoms with Crippen molar-refractivity contribution in [2.75, 3.05) is 7.05 Å². The van der Waals surface area contributed by atoms with Gasteiger partial charge in [0.1, 0.15) is 18.4 Å². The standard InChI is InChI=1S/C24H30N6O.HI/c1-18-7-10-20(23(13-18)31-22-5-3-4-6-22)15-28-24(25-2)27-14-19-8-11-21(12-9-19)30-17-26-16-29-30;/h7-13,16-17,22H,3-6,14-15H2,1-2H3,(H2,25,27,28);1H. The number of aryl methyl sites for hydroxylation is 1. The summed E-state index contributed by atoms with van der Waals surface area (Å²) < 4.78 is 8.05. The highest BCUT2D eigenvalue weighted by Gasteiger charge is 2.18. The molecule has 0 spiro atoms. The van der Waals surface area contributed by atoms with Crippen LogP contribution in [-0.2, 0) is 13.1 Å². The van der Waals surface area contributed by atoms with Gasteiger partial charge in [-0.3, -0.25) is 4.99 Å². The van der Waals surface area contributed by atoms with Gasteiger partial charge in [-0.05, 0) is 61.9 Å². The van der Waals surface area contributed by atoms with E-state index in [1.165, 1.54) is 24.7 Å². The molecule has 1 heterocycles. The SMILES string of the molecule is CN=C(NCc1ccc(-n2cncn2)cc1)NCc1ccc(C)cc1OC1CCCC1.I. The van der Waals surface area contributed by atoms with Crippen LogP contribution in [0, 0.1) is 6.92 Å². The predicted octanol–water partition coefficient (Wildman–Crippen LogP) is 4.38. The molecule has 170 valence electrons. The quantitative estimate of drug-likeness (QED) is 0.262. The number of ether oxygens (including phenoxy) is 1. The van der Waals surface area contributed by atoms with Crippen molar-refractivity contribution in [3.8, 4) is 11.4 Å². The highest BCUT2D eigenvalue weighted by Crippen LogP contribution is 2.27. The topological polar surface area (TPSA) is 76.4 Å². The van der Waals surface area contributed by atoms with Crippen molar-refractivity contribution < 1.29 is 4.74 Å². The largest absolute Gasteiger partial charge is 0.490 e. The lowest BCUT2D eigenvalue weighted by molar-refractivity contribution is 0.207. The van der Waals surface area contributed by atoms with Crippen LogP contribution in [0.25, 0.3) is 5.69 Å². The molecule has 0 unspecified atom stereocenters. The molecule has 1 aliphatic rings. The van der Waals surface area contributed by atoms with Crippen LogP contribution in [0.4, 0.5) is 0 Å². The number of rotatable bonds is 7. The van der Waals surface area contributed by atoms with Crippen LogP contribution in [0.5, 0.6) is 5.75 Å². The number of guanidine groups is 1. The summed E-state index contributed by atoms with van der Waals surface area (Å²) in [5, 5.41) is 10.9. The molecule has 3 aromatic rings. The van der Waals surface area contributed by atoms with Crippen LogP contribution in [0.1, 0.15) is 42.4 Å². The van der Waals surface area contributed by atoms with Crippen molar-refractivity contribution in [1.29, 1.82) is 0 Å². The van der Waals surface area contributed by atoms with Gasteiger partial charge in [-0.25, -0.2) is 9.67 Å². The lowest BCUT2D eigenvalue weighted by atomic mass is 10.1. The van der Waals surface area contributed by atoms with Crippen molar-refractivity contribution in [2.45, 2.75) is 51.8 Å². The molecule has 2 N–H and O–H groups in total. The Hall–Kier alpha value is -2.62. The zero-order valence-electron chi connectivity index (χ0n) is 18.6. The van der Waals surface area contributed by atoms with E-state index in [1.807, 2.05) is 12.1 Å². The summed E-state index contributed by atoms with van der Waals surface area (Å²) in [6.07, 6.45) is 8.40. The molecule has 1 aromatic heterocycles. The van der Waals surface area contributed by atoms with Gasteiger partial charge in [0, 0.05) is 25.7 Å². The Morgan fingerprint density at radius 2 is 1.84 bits per heavy atom. The molecule has 1 fully saturated rings. The zero-order chi connectivity index (χ0) is 21.5. The van der Waals surface area contributed by atoms with Gasteiger partial charge < -0.3 is 15.4 Å². The maximum absolute atomic E-state index is 6.31. The van der Waals surface area contributed by atoms with Crippen LogP contribution < -0.4 is 15.4 Å². The number of aromatic nitrogens is 3. The summed E-state index contributed by atoms with van der Waals surface area (Å²) in [6.45, 7) is 3.44. The van der Waals surface area contributed by atoms with Gasteiger partial charge in [-0.15, -0.1) is 24.0 Å². The molecule has 0 saturated heterocycles. The minimum absolute atomic E-state index is 0. The minimum atomic E-state index is 0. The zero-order valence-corrected chi connectivity index (χ0v) is 21.0. The number of nitrogens with zero attached hydrogens (tertiary/aromatic N) is 4. The molecule has 0 radical (unpaired) electrons. The maximum atomic E-state index is 6.31. The smallest absolute Gasteiger partial charge is 0.191 e. The molecule has 0 bridgehead atoms. The predicted molar refractivity (Wildman–Crippen MR) is 138 cm³/mol. The van der Waals surface area contributed by atoms with Gasteiger partial charge >= 0.3 is 0 Å².